The summed E-state index contributed by atoms with van der Waals surface area (Å²) in [6, 6.07) is 12.2. The highest BCUT2D eigenvalue weighted by atomic mass is 28.3. The molecule has 3 heteroatoms. The fourth-order valence-electron chi connectivity index (χ4n) is 3.10. The van der Waals surface area contributed by atoms with E-state index in [9.17, 15) is 0 Å². The lowest BCUT2D eigenvalue weighted by molar-refractivity contribution is -0.162. The zero-order valence-electron chi connectivity index (χ0n) is 15.5. The number of rotatable bonds is 10. The number of ether oxygens (including phenoxy) is 2. The Balaban J connectivity index is 1.50. The van der Waals surface area contributed by atoms with Crippen molar-refractivity contribution in [2.45, 2.75) is 70.4 Å². The van der Waals surface area contributed by atoms with E-state index in [2.05, 4.69) is 55.6 Å². The van der Waals surface area contributed by atoms with Crippen molar-refractivity contribution in [3.63, 3.8) is 0 Å². The Morgan fingerprint density at radius 2 is 1.92 bits per heavy atom. The molecule has 1 atom stereocenters. The monoisotopic (exact) mass is 346 g/mol. The Kier molecular flexibility index (Phi) is 8.79. The molecule has 0 aromatic heterocycles. The topological polar surface area (TPSA) is 18.5 Å². The standard InChI is InChI=1S/C21H34O2Si/c1-24(2,20-14-8-7-9-15-20)19-13-6-4-3-5-11-17-22-21-16-10-12-18-23-21/h6-9,13-15,21H,3-5,10-12,16-19H2,1-2H3/b13-6-. The summed E-state index contributed by atoms with van der Waals surface area (Å²) in [6.45, 7) is 6.63. The van der Waals surface area contributed by atoms with Crippen LogP contribution in [-0.2, 0) is 9.47 Å². The first-order chi connectivity index (χ1) is 11.7. The van der Waals surface area contributed by atoms with Gasteiger partial charge in [0.25, 0.3) is 0 Å². The van der Waals surface area contributed by atoms with E-state index in [1.165, 1.54) is 38.1 Å². The van der Waals surface area contributed by atoms with Gasteiger partial charge in [-0.05, 0) is 44.6 Å². The molecule has 1 aliphatic heterocycles. The van der Waals surface area contributed by atoms with Gasteiger partial charge in [0.2, 0.25) is 0 Å². The molecule has 24 heavy (non-hydrogen) atoms. The van der Waals surface area contributed by atoms with Crippen molar-refractivity contribution < 1.29 is 9.47 Å². The molecule has 1 heterocycles. The molecule has 1 aliphatic rings. The average molecular weight is 347 g/mol. The van der Waals surface area contributed by atoms with Crippen molar-refractivity contribution in [2.24, 2.45) is 0 Å². The quantitative estimate of drug-likeness (QED) is 0.327. The molecule has 134 valence electrons. The summed E-state index contributed by atoms with van der Waals surface area (Å²) in [6.07, 6.45) is 13.2. The highest BCUT2D eigenvalue weighted by molar-refractivity contribution is 6.90. The highest BCUT2D eigenvalue weighted by Crippen LogP contribution is 2.15. The van der Waals surface area contributed by atoms with Crippen molar-refractivity contribution in [2.75, 3.05) is 13.2 Å². The molecule has 0 amide bonds. The summed E-state index contributed by atoms with van der Waals surface area (Å²) in [5.41, 5.74) is 0. The number of hydrogen-bond acceptors (Lipinski definition) is 2. The van der Waals surface area contributed by atoms with E-state index in [1.807, 2.05) is 0 Å². The third kappa shape index (κ3) is 7.33. The molecule has 0 spiro atoms. The fraction of sp³-hybridized carbons (Fsp3) is 0.619. The predicted octanol–water partition coefficient (Wildman–Crippen LogP) is 5.26. The van der Waals surface area contributed by atoms with Gasteiger partial charge >= 0.3 is 0 Å². The molecule has 0 saturated carbocycles. The second-order valence-electron chi connectivity index (χ2n) is 7.44. The minimum Gasteiger partial charge on any atom is -0.353 e. The van der Waals surface area contributed by atoms with Crippen LogP contribution in [0.25, 0.3) is 0 Å². The van der Waals surface area contributed by atoms with E-state index in [0.717, 1.165) is 26.1 Å². The lowest BCUT2D eigenvalue weighted by atomic mass is 10.2. The molecule has 1 aromatic carbocycles. The SMILES string of the molecule is C[Si](C)(C/C=C\CCCCCOC1CCCCO1)c1ccccc1. The predicted molar refractivity (Wildman–Crippen MR) is 106 cm³/mol. The molecule has 1 aromatic rings. The van der Waals surface area contributed by atoms with Gasteiger partial charge in [-0.1, -0.05) is 67.2 Å². The summed E-state index contributed by atoms with van der Waals surface area (Å²) in [5, 5.41) is 1.55. The van der Waals surface area contributed by atoms with E-state index in [1.54, 1.807) is 5.19 Å². The van der Waals surface area contributed by atoms with Crippen LogP contribution in [0.3, 0.4) is 0 Å². The van der Waals surface area contributed by atoms with Gasteiger partial charge in [-0.15, -0.1) is 0 Å². The number of unbranched alkanes of at least 4 members (excludes halogenated alkanes) is 3. The van der Waals surface area contributed by atoms with Gasteiger partial charge in [-0.2, -0.15) is 0 Å². The van der Waals surface area contributed by atoms with Crippen molar-refractivity contribution in [3.8, 4) is 0 Å². The minimum absolute atomic E-state index is 0.0730. The Bertz CT molecular complexity index is 464. The third-order valence-corrected chi connectivity index (χ3v) is 7.96. The van der Waals surface area contributed by atoms with E-state index in [-0.39, 0.29) is 6.29 Å². The molecule has 2 nitrogen and oxygen atoms in total. The van der Waals surface area contributed by atoms with Gasteiger partial charge < -0.3 is 9.47 Å². The van der Waals surface area contributed by atoms with Crippen LogP contribution in [0.2, 0.25) is 19.1 Å². The van der Waals surface area contributed by atoms with Crippen LogP contribution in [0.1, 0.15) is 44.9 Å². The van der Waals surface area contributed by atoms with Crippen LogP contribution in [0.4, 0.5) is 0 Å². The molecular formula is C21H34O2Si. The maximum absolute atomic E-state index is 5.77. The maximum Gasteiger partial charge on any atom is 0.157 e. The highest BCUT2D eigenvalue weighted by Gasteiger charge is 2.20. The zero-order chi connectivity index (χ0) is 17.1. The van der Waals surface area contributed by atoms with Crippen LogP contribution in [0, 0.1) is 0 Å². The second-order valence-corrected chi connectivity index (χ2v) is 12.2. The number of hydrogen-bond donors (Lipinski definition) is 0. The van der Waals surface area contributed by atoms with Crippen molar-refractivity contribution in [1.82, 2.24) is 0 Å². The summed E-state index contributed by atoms with van der Waals surface area (Å²) >= 11 is 0. The maximum atomic E-state index is 5.77. The largest absolute Gasteiger partial charge is 0.353 e. The van der Waals surface area contributed by atoms with Gasteiger partial charge in [0, 0.05) is 13.2 Å². The summed E-state index contributed by atoms with van der Waals surface area (Å²) < 4.78 is 11.3. The summed E-state index contributed by atoms with van der Waals surface area (Å²) in [5.74, 6) is 0. The molecule has 0 aliphatic carbocycles. The van der Waals surface area contributed by atoms with Crippen molar-refractivity contribution in [1.29, 1.82) is 0 Å². The molecule has 1 fully saturated rings. The van der Waals surface area contributed by atoms with E-state index >= 15 is 0 Å². The first kappa shape index (κ1) is 19.4. The van der Waals surface area contributed by atoms with Crippen LogP contribution < -0.4 is 5.19 Å². The van der Waals surface area contributed by atoms with Gasteiger partial charge in [0.05, 0.1) is 8.07 Å². The molecule has 2 rings (SSSR count). The average Bonchev–Trinajstić information content (AvgIpc) is 2.62. The Morgan fingerprint density at radius 1 is 1.08 bits per heavy atom. The van der Waals surface area contributed by atoms with Crippen LogP contribution in [0.15, 0.2) is 42.5 Å². The van der Waals surface area contributed by atoms with E-state index in [0.29, 0.717) is 0 Å². The fourth-order valence-corrected chi connectivity index (χ4v) is 5.19. The van der Waals surface area contributed by atoms with E-state index < -0.39 is 8.07 Å². The Labute approximate surface area is 149 Å². The van der Waals surface area contributed by atoms with Crippen LogP contribution >= 0.6 is 0 Å². The number of allylic oxidation sites excluding steroid dienone is 2. The third-order valence-electron chi connectivity index (χ3n) is 4.81. The summed E-state index contributed by atoms with van der Waals surface area (Å²) in [4.78, 5) is 0. The molecule has 1 saturated heterocycles. The molecule has 0 N–H and O–H groups in total. The van der Waals surface area contributed by atoms with Gasteiger partial charge in [0.1, 0.15) is 0 Å². The Morgan fingerprint density at radius 3 is 2.67 bits per heavy atom. The molecule has 0 bridgehead atoms. The van der Waals surface area contributed by atoms with Crippen LogP contribution in [-0.4, -0.2) is 27.6 Å². The first-order valence-corrected chi connectivity index (χ1v) is 12.8. The normalized spacial score (nSPS) is 19.0. The molecular weight excluding hydrogens is 312 g/mol. The smallest absolute Gasteiger partial charge is 0.157 e. The van der Waals surface area contributed by atoms with E-state index in [4.69, 9.17) is 9.47 Å². The first-order valence-electron chi connectivity index (χ1n) is 9.62. The van der Waals surface area contributed by atoms with Crippen molar-refractivity contribution >= 4 is 13.3 Å². The second kappa shape index (κ2) is 10.9. The number of benzene rings is 1. The molecule has 0 radical (unpaired) electrons. The lowest BCUT2D eigenvalue weighted by Gasteiger charge is -2.22. The minimum atomic E-state index is -1.30. The lowest BCUT2D eigenvalue weighted by Crippen LogP contribution is -2.40. The summed E-state index contributed by atoms with van der Waals surface area (Å²) in [7, 11) is -1.30. The molecule has 1 unspecified atom stereocenters. The van der Waals surface area contributed by atoms with Crippen molar-refractivity contribution in [3.05, 3.63) is 42.5 Å². The van der Waals surface area contributed by atoms with Gasteiger partial charge in [-0.25, -0.2) is 0 Å². The Hall–Kier alpha value is -0.903. The zero-order valence-corrected chi connectivity index (χ0v) is 16.5. The van der Waals surface area contributed by atoms with Gasteiger partial charge in [-0.3, -0.25) is 0 Å². The van der Waals surface area contributed by atoms with Crippen LogP contribution in [0.5, 0.6) is 0 Å². The van der Waals surface area contributed by atoms with Gasteiger partial charge in [0.15, 0.2) is 6.29 Å².